The normalized spacial score (nSPS) is 22.3. The van der Waals surface area contributed by atoms with E-state index in [2.05, 4.69) is 24.3 Å². The van der Waals surface area contributed by atoms with Crippen LogP contribution in [-0.4, -0.2) is 18.3 Å². The first kappa shape index (κ1) is 18.9. The quantitative estimate of drug-likeness (QED) is 0.650. The highest BCUT2D eigenvalue weighted by Gasteiger charge is 2.37. The van der Waals surface area contributed by atoms with Crippen molar-refractivity contribution in [1.29, 1.82) is 0 Å². The van der Waals surface area contributed by atoms with Crippen molar-refractivity contribution < 1.29 is 19.0 Å². The Bertz CT molecular complexity index is 961. The van der Waals surface area contributed by atoms with E-state index in [0.29, 0.717) is 38.0 Å². The monoisotopic (exact) mass is 380 g/mol. The van der Waals surface area contributed by atoms with Gasteiger partial charge in [-0.15, -0.1) is 0 Å². The molecule has 0 heterocycles. The second kappa shape index (κ2) is 7.90. The van der Waals surface area contributed by atoms with E-state index < -0.39 is 5.60 Å². The molecule has 0 aliphatic heterocycles. The molecular formula is C24H25FO3. The Hall–Kier alpha value is -2.43. The molecule has 0 bridgehead atoms. The highest BCUT2D eigenvalue weighted by atomic mass is 19.1. The highest BCUT2D eigenvalue weighted by molar-refractivity contribution is 5.82. The van der Waals surface area contributed by atoms with E-state index in [9.17, 15) is 9.50 Å². The van der Waals surface area contributed by atoms with Gasteiger partial charge in [0.15, 0.2) is 0 Å². The molecule has 1 saturated carbocycles. The molecule has 0 unspecified atom stereocenters. The Labute approximate surface area is 164 Å². The molecule has 3 aromatic carbocycles. The summed E-state index contributed by atoms with van der Waals surface area (Å²) in [6, 6.07) is 19.2. The van der Waals surface area contributed by atoms with Gasteiger partial charge in [-0.1, -0.05) is 36.4 Å². The maximum absolute atomic E-state index is 14.3. The van der Waals surface area contributed by atoms with Gasteiger partial charge < -0.3 is 14.6 Å². The molecule has 0 spiro atoms. The van der Waals surface area contributed by atoms with Gasteiger partial charge in [-0.2, -0.15) is 0 Å². The molecule has 146 valence electrons. The number of ether oxygens (including phenoxy) is 2. The number of aliphatic hydroxyl groups excluding tert-OH is 1. The molecule has 1 fully saturated rings. The van der Waals surface area contributed by atoms with Crippen molar-refractivity contribution in [2.75, 3.05) is 7.11 Å². The molecule has 4 rings (SSSR count). The Morgan fingerprint density at radius 1 is 1.00 bits per heavy atom. The molecule has 1 aliphatic rings. The first-order chi connectivity index (χ1) is 13.6. The summed E-state index contributed by atoms with van der Waals surface area (Å²) in [7, 11) is 1.65. The zero-order valence-electron chi connectivity index (χ0n) is 16.0. The van der Waals surface area contributed by atoms with Crippen LogP contribution in [0.4, 0.5) is 4.39 Å². The third kappa shape index (κ3) is 3.89. The zero-order chi connectivity index (χ0) is 19.6. The molecule has 28 heavy (non-hydrogen) atoms. The number of rotatable bonds is 5. The highest BCUT2D eigenvalue weighted by Crippen LogP contribution is 2.41. The Kier molecular flexibility index (Phi) is 5.33. The Balaban J connectivity index is 1.54. The van der Waals surface area contributed by atoms with Crippen LogP contribution in [0.1, 0.15) is 36.8 Å². The van der Waals surface area contributed by atoms with Gasteiger partial charge in [-0.25, -0.2) is 4.39 Å². The van der Waals surface area contributed by atoms with Crippen LogP contribution < -0.4 is 4.74 Å². The molecule has 0 amide bonds. The summed E-state index contributed by atoms with van der Waals surface area (Å²) < 4.78 is 26.0. The molecule has 3 nitrogen and oxygen atoms in total. The third-order valence-electron chi connectivity index (χ3n) is 5.77. The minimum absolute atomic E-state index is 0.305. The van der Waals surface area contributed by atoms with E-state index >= 15 is 0 Å². The maximum atomic E-state index is 14.3. The van der Waals surface area contributed by atoms with Crippen LogP contribution in [0.3, 0.4) is 0 Å². The van der Waals surface area contributed by atoms with E-state index in [0.717, 1.165) is 16.5 Å². The summed E-state index contributed by atoms with van der Waals surface area (Å²) >= 11 is 0. The number of methoxy groups -OCH3 is 1. The summed E-state index contributed by atoms with van der Waals surface area (Å²) in [6.07, 6.45) is 2.33. The second-order valence-electron chi connectivity index (χ2n) is 7.58. The standard InChI is InChI=1S/C24H25FO3/c1-27-24(10-8-22(26)9-11-24)20-13-21(25)15-23(14-20)28-16-17-6-7-18-4-2-3-5-19(18)12-17/h2-7,12-15,22,26H,8-11,16H2,1H3. The van der Waals surface area contributed by atoms with E-state index in [1.165, 1.54) is 17.5 Å². The minimum Gasteiger partial charge on any atom is -0.489 e. The predicted molar refractivity (Wildman–Crippen MR) is 108 cm³/mol. The third-order valence-corrected chi connectivity index (χ3v) is 5.77. The van der Waals surface area contributed by atoms with Crippen molar-refractivity contribution in [1.82, 2.24) is 0 Å². The lowest BCUT2D eigenvalue weighted by Crippen LogP contribution is -2.35. The molecule has 0 atom stereocenters. The van der Waals surface area contributed by atoms with Crippen LogP contribution in [0.25, 0.3) is 10.8 Å². The van der Waals surface area contributed by atoms with Gasteiger partial charge in [0.1, 0.15) is 18.2 Å². The van der Waals surface area contributed by atoms with Crippen LogP contribution in [0.2, 0.25) is 0 Å². The van der Waals surface area contributed by atoms with Crippen molar-refractivity contribution in [2.24, 2.45) is 0 Å². The molecular weight excluding hydrogens is 355 g/mol. The van der Waals surface area contributed by atoms with Crippen molar-refractivity contribution in [2.45, 2.75) is 44.0 Å². The van der Waals surface area contributed by atoms with Crippen LogP contribution in [-0.2, 0) is 16.9 Å². The van der Waals surface area contributed by atoms with Crippen LogP contribution in [0.15, 0.2) is 60.7 Å². The van der Waals surface area contributed by atoms with E-state index in [1.54, 1.807) is 7.11 Å². The largest absolute Gasteiger partial charge is 0.489 e. The molecule has 0 radical (unpaired) electrons. The summed E-state index contributed by atoms with van der Waals surface area (Å²) in [5.74, 6) is 0.152. The SMILES string of the molecule is COC1(c2cc(F)cc(OCc3ccc4ccccc4c3)c2)CCC(O)CC1. The van der Waals surface area contributed by atoms with Crippen LogP contribution >= 0.6 is 0 Å². The number of fused-ring (bicyclic) bond motifs is 1. The molecule has 1 aliphatic carbocycles. The molecule has 4 heteroatoms. The number of halogens is 1. The van der Waals surface area contributed by atoms with Crippen molar-refractivity contribution in [3.63, 3.8) is 0 Å². The number of benzene rings is 3. The van der Waals surface area contributed by atoms with Crippen molar-refractivity contribution in [3.8, 4) is 5.75 Å². The molecule has 1 N–H and O–H groups in total. The fourth-order valence-corrected chi connectivity index (χ4v) is 4.08. The first-order valence-electron chi connectivity index (χ1n) is 9.73. The average Bonchev–Trinajstić information content (AvgIpc) is 2.72. The fraction of sp³-hybridized carbons (Fsp3) is 0.333. The van der Waals surface area contributed by atoms with Gasteiger partial charge in [0.25, 0.3) is 0 Å². The number of hydrogen-bond donors (Lipinski definition) is 1. The van der Waals surface area contributed by atoms with Gasteiger partial charge in [-0.3, -0.25) is 0 Å². The topological polar surface area (TPSA) is 38.7 Å². The van der Waals surface area contributed by atoms with Gasteiger partial charge >= 0.3 is 0 Å². The number of aliphatic hydroxyl groups is 1. The number of hydrogen-bond acceptors (Lipinski definition) is 3. The first-order valence-corrected chi connectivity index (χ1v) is 9.73. The molecule has 0 saturated heterocycles. The van der Waals surface area contributed by atoms with Crippen molar-refractivity contribution >= 4 is 10.8 Å². The van der Waals surface area contributed by atoms with Crippen molar-refractivity contribution in [3.05, 3.63) is 77.6 Å². The van der Waals surface area contributed by atoms with Gasteiger partial charge in [0.2, 0.25) is 0 Å². The van der Waals surface area contributed by atoms with E-state index in [1.807, 2.05) is 24.3 Å². The predicted octanol–water partition coefficient (Wildman–Crippen LogP) is 5.33. The summed E-state index contributed by atoms with van der Waals surface area (Å²) in [5.41, 5.74) is 1.24. The van der Waals surface area contributed by atoms with Gasteiger partial charge in [-0.05, 0) is 65.8 Å². The summed E-state index contributed by atoms with van der Waals surface area (Å²) in [6.45, 7) is 0.367. The Morgan fingerprint density at radius 2 is 1.75 bits per heavy atom. The zero-order valence-corrected chi connectivity index (χ0v) is 16.0. The second-order valence-corrected chi connectivity index (χ2v) is 7.58. The van der Waals surface area contributed by atoms with E-state index in [4.69, 9.17) is 9.47 Å². The van der Waals surface area contributed by atoms with Crippen LogP contribution in [0.5, 0.6) is 5.75 Å². The van der Waals surface area contributed by atoms with Gasteiger partial charge in [0, 0.05) is 13.2 Å². The van der Waals surface area contributed by atoms with Crippen LogP contribution in [0, 0.1) is 5.82 Å². The lowest BCUT2D eigenvalue weighted by molar-refractivity contribution is -0.0692. The Morgan fingerprint density at radius 3 is 2.50 bits per heavy atom. The molecule has 3 aromatic rings. The lowest BCUT2D eigenvalue weighted by Gasteiger charge is -2.38. The lowest BCUT2D eigenvalue weighted by atomic mass is 9.78. The van der Waals surface area contributed by atoms with Gasteiger partial charge in [0.05, 0.1) is 11.7 Å². The molecule has 0 aromatic heterocycles. The average molecular weight is 380 g/mol. The minimum atomic E-state index is -0.567. The van der Waals surface area contributed by atoms with E-state index in [-0.39, 0.29) is 11.9 Å². The smallest absolute Gasteiger partial charge is 0.127 e. The summed E-state index contributed by atoms with van der Waals surface area (Å²) in [5, 5.41) is 12.2. The fourth-order valence-electron chi connectivity index (χ4n) is 4.08. The summed E-state index contributed by atoms with van der Waals surface area (Å²) in [4.78, 5) is 0. The maximum Gasteiger partial charge on any atom is 0.127 e.